The number of piperidine rings is 1. The Bertz CT molecular complexity index is 237. The molecule has 0 aromatic carbocycles. The molecule has 0 radical (unpaired) electrons. The van der Waals surface area contributed by atoms with Gasteiger partial charge in [0.2, 0.25) is 0 Å². The van der Waals surface area contributed by atoms with Gasteiger partial charge in [0.05, 0.1) is 12.7 Å². The first-order chi connectivity index (χ1) is 8.20. The van der Waals surface area contributed by atoms with Crippen molar-refractivity contribution in [3.8, 4) is 0 Å². The summed E-state index contributed by atoms with van der Waals surface area (Å²) in [6.45, 7) is 6.87. The number of likely N-dealkylation sites (tertiary alicyclic amines) is 1. The molecule has 2 heterocycles. The number of aliphatic hydroxyl groups is 1. The van der Waals surface area contributed by atoms with E-state index in [1.165, 1.54) is 0 Å². The first kappa shape index (κ1) is 13.3. The maximum atomic E-state index is 9.91. The number of nitrogens with zero attached hydrogens (tertiary/aromatic N) is 1. The van der Waals surface area contributed by atoms with E-state index in [1.54, 1.807) is 0 Å². The topological polar surface area (TPSA) is 44.7 Å². The Morgan fingerprint density at radius 3 is 2.94 bits per heavy atom. The molecule has 4 nitrogen and oxygen atoms in total. The summed E-state index contributed by atoms with van der Waals surface area (Å²) in [6.07, 6.45) is 2.06. The van der Waals surface area contributed by atoms with Crippen LogP contribution in [0.2, 0.25) is 0 Å². The van der Waals surface area contributed by atoms with Crippen molar-refractivity contribution < 1.29 is 9.84 Å². The van der Waals surface area contributed by atoms with Gasteiger partial charge in [-0.25, -0.2) is 0 Å². The molecular formula is C13H26N2O2. The molecular weight excluding hydrogens is 216 g/mol. The smallest absolute Gasteiger partial charge is 0.0693 e. The van der Waals surface area contributed by atoms with Gasteiger partial charge in [-0.05, 0) is 32.4 Å². The quantitative estimate of drug-likeness (QED) is 0.748. The van der Waals surface area contributed by atoms with Crippen LogP contribution in [-0.4, -0.2) is 62.0 Å². The maximum Gasteiger partial charge on any atom is 0.0693 e. The molecule has 4 unspecified atom stereocenters. The summed E-state index contributed by atoms with van der Waals surface area (Å²) >= 11 is 0. The van der Waals surface area contributed by atoms with Crippen LogP contribution in [0.25, 0.3) is 0 Å². The second-order valence-electron chi connectivity index (χ2n) is 5.61. The van der Waals surface area contributed by atoms with Gasteiger partial charge in [0.1, 0.15) is 0 Å². The van der Waals surface area contributed by atoms with Crippen molar-refractivity contribution in [1.82, 2.24) is 10.2 Å². The molecule has 4 heteroatoms. The second kappa shape index (κ2) is 6.14. The third kappa shape index (κ3) is 3.41. The Morgan fingerprint density at radius 1 is 1.41 bits per heavy atom. The largest absolute Gasteiger partial charge is 0.392 e. The molecule has 2 N–H and O–H groups in total. The Morgan fingerprint density at radius 2 is 2.24 bits per heavy atom. The van der Waals surface area contributed by atoms with Crippen LogP contribution in [0.4, 0.5) is 0 Å². The number of aliphatic hydroxyl groups excluding tert-OH is 1. The summed E-state index contributed by atoms with van der Waals surface area (Å²) in [5.41, 5.74) is 0. The van der Waals surface area contributed by atoms with E-state index in [2.05, 4.69) is 17.1 Å². The fraction of sp³-hybridized carbons (Fsp3) is 1.00. The second-order valence-corrected chi connectivity index (χ2v) is 5.61. The monoisotopic (exact) mass is 242 g/mol. The number of hydrogen-bond acceptors (Lipinski definition) is 4. The normalized spacial score (nSPS) is 40.4. The molecule has 17 heavy (non-hydrogen) atoms. The maximum absolute atomic E-state index is 9.91. The van der Waals surface area contributed by atoms with Gasteiger partial charge in [-0.15, -0.1) is 0 Å². The lowest BCUT2D eigenvalue weighted by Gasteiger charge is -2.39. The molecule has 0 aliphatic carbocycles. The van der Waals surface area contributed by atoms with E-state index < -0.39 is 0 Å². The van der Waals surface area contributed by atoms with Crippen LogP contribution in [-0.2, 0) is 4.74 Å². The molecule has 2 saturated heterocycles. The Balaban J connectivity index is 1.83. The van der Waals surface area contributed by atoms with E-state index in [-0.39, 0.29) is 6.10 Å². The third-order valence-corrected chi connectivity index (χ3v) is 4.34. The Labute approximate surface area is 104 Å². The highest BCUT2D eigenvalue weighted by atomic mass is 16.5. The zero-order chi connectivity index (χ0) is 12.3. The lowest BCUT2D eigenvalue weighted by molar-refractivity contribution is -0.0120. The van der Waals surface area contributed by atoms with Crippen LogP contribution in [0.15, 0.2) is 0 Å². The molecule has 2 aliphatic heterocycles. The lowest BCUT2D eigenvalue weighted by Crippen LogP contribution is -2.50. The molecule has 2 fully saturated rings. The van der Waals surface area contributed by atoms with Crippen molar-refractivity contribution in [1.29, 1.82) is 0 Å². The fourth-order valence-electron chi connectivity index (χ4n) is 2.97. The van der Waals surface area contributed by atoms with E-state index in [0.717, 1.165) is 45.7 Å². The predicted molar refractivity (Wildman–Crippen MR) is 68.0 cm³/mol. The molecule has 0 amide bonds. The van der Waals surface area contributed by atoms with E-state index in [1.807, 2.05) is 7.05 Å². The van der Waals surface area contributed by atoms with Crippen LogP contribution in [0.5, 0.6) is 0 Å². The Hall–Kier alpha value is -0.160. The standard InChI is InChI=1S/C13H26N2O2/c1-10-3-5-15(8-13(10)16)7-11-9-17-6-4-12(11)14-2/h10-14,16H,3-9H2,1-2H3. The number of β-amino-alcohol motifs (C(OH)–C–C–N with tert-alkyl or cyclic N) is 1. The SMILES string of the molecule is CNC1CCOCC1CN1CCC(C)C(O)C1. The number of nitrogens with one attached hydrogen (secondary N) is 1. The molecule has 0 aromatic rings. The minimum atomic E-state index is -0.152. The van der Waals surface area contributed by atoms with Gasteiger partial charge in [0.25, 0.3) is 0 Å². The zero-order valence-corrected chi connectivity index (χ0v) is 11.1. The van der Waals surface area contributed by atoms with Crippen molar-refractivity contribution in [3.05, 3.63) is 0 Å². The van der Waals surface area contributed by atoms with Gasteiger partial charge >= 0.3 is 0 Å². The van der Waals surface area contributed by atoms with Crippen LogP contribution < -0.4 is 5.32 Å². The van der Waals surface area contributed by atoms with Crippen molar-refractivity contribution in [2.24, 2.45) is 11.8 Å². The zero-order valence-electron chi connectivity index (χ0n) is 11.1. The van der Waals surface area contributed by atoms with Crippen molar-refractivity contribution >= 4 is 0 Å². The fourth-order valence-corrected chi connectivity index (χ4v) is 2.97. The first-order valence-corrected chi connectivity index (χ1v) is 6.86. The highest BCUT2D eigenvalue weighted by Gasteiger charge is 2.30. The summed E-state index contributed by atoms with van der Waals surface area (Å²) < 4.78 is 5.57. The van der Waals surface area contributed by atoms with Crippen LogP contribution in [0.3, 0.4) is 0 Å². The van der Waals surface area contributed by atoms with E-state index in [4.69, 9.17) is 4.74 Å². The molecule has 0 spiro atoms. The molecule has 0 aromatic heterocycles. The number of rotatable bonds is 3. The molecule has 0 bridgehead atoms. The number of ether oxygens (including phenoxy) is 1. The minimum absolute atomic E-state index is 0.152. The van der Waals surface area contributed by atoms with Crippen molar-refractivity contribution in [2.75, 3.05) is 39.9 Å². The molecule has 0 saturated carbocycles. The Kier molecular flexibility index (Phi) is 4.79. The summed E-state index contributed by atoms with van der Waals surface area (Å²) in [7, 11) is 2.04. The van der Waals surface area contributed by atoms with Crippen molar-refractivity contribution in [2.45, 2.75) is 31.9 Å². The van der Waals surface area contributed by atoms with Gasteiger partial charge < -0.3 is 20.1 Å². The summed E-state index contributed by atoms with van der Waals surface area (Å²) in [5, 5.41) is 13.3. The third-order valence-electron chi connectivity index (χ3n) is 4.34. The van der Waals surface area contributed by atoms with E-state index in [0.29, 0.717) is 17.9 Å². The molecule has 100 valence electrons. The molecule has 2 aliphatic rings. The minimum Gasteiger partial charge on any atom is -0.392 e. The predicted octanol–water partition coefficient (Wildman–Crippen LogP) is 0.314. The van der Waals surface area contributed by atoms with E-state index >= 15 is 0 Å². The highest BCUT2D eigenvalue weighted by Crippen LogP contribution is 2.21. The summed E-state index contributed by atoms with van der Waals surface area (Å²) in [4.78, 5) is 2.40. The van der Waals surface area contributed by atoms with Gasteiger partial charge in [-0.3, -0.25) is 0 Å². The highest BCUT2D eigenvalue weighted by molar-refractivity contribution is 4.84. The van der Waals surface area contributed by atoms with Gasteiger partial charge in [-0.2, -0.15) is 0 Å². The molecule has 2 rings (SSSR count). The molecule has 4 atom stereocenters. The van der Waals surface area contributed by atoms with Crippen molar-refractivity contribution in [3.63, 3.8) is 0 Å². The lowest BCUT2D eigenvalue weighted by atomic mass is 9.92. The van der Waals surface area contributed by atoms with Crippen LogP contribution in [0, 0.1) is 11.8 Å². The van der Waals surface area contributed by atoms with Gasteiger partial charge in [0.15, 0.2) is 0 Å². The number of hydrogen-bond donors (Lipinski definition) is 2. The summed E-state index contributed by atoms with van der Waals surface area (Å²) in [5.74, 6) is 1.02. The first-order valence-electron chi connectivity index (χ1n) is 6.86. The van der Waals surface area contributed by atoms with E-state index in [9.17, 15) is 5.11 Å². The van der Waals surface area contributed by atoms with Crippen LogP contribution >= 0.6 is 0 Å². The van der Waals surface area contributed by atoms with Gasteiger partial charge in [0, 0.05) is 31.7 Å². The summed E-state index contributed by atoms with van der Waals surface area (Å²) in [6, 6.07) is 0.570. The average molecular weight is 242 g/mol. The van der Waals surface area contributed by atoms with Crippen LogP contribution in [0.1, 0.15) is 19.8 Å². The van der Waals surface area contributed by atoms with Gasteiger partial charge in [-0.1, -0.05) is 6.92 Å². The average Bonchev–Trinajstić information content (AvgIpc) is 2.34.